The molecule has 1 aliphatic rings. The number of alkyl halides is 2. The van der Waals surface area contributed by atoms with Gasteiger partial charge in [0, 0.05) is 16.7 Å². The molecule has 0 saturated heterocycles. The fourth-order valence-electron chi connectivity index (χ4n) is 5.49. The molecule has 4 rings (SSSR count). The number of allylic oxidation sites excluding steroid dienone is 2. The number of halogens is 7. The first-order valence-electron chi connectivity index (χ1n) is 13.6. The summed E-state index contributed by atoms with van der Waals surface area (Å²) in [5.41, 5.74) is 0.165. The smallest absolute Gasteiger partial charge is 0.207 e. The second kappa shape index (κ2) is 13.3. The molecule has 1 saturated carbocycles. The van der Waals surface area contributed by atoms with Crippen molar-refractivity contribution in [3.63, 3.8) is 0 Å². The van der Waals surface area contributed by atoms with Crippen LogP contribution in [0, 0.1) is 35.0 Å². The van der Waals surface area contributed by atoms with E-state index in [1.807, 2.05) is 6.07 Å². The zero-order valence-corrected chi connectivity index (χ0v) is 22.2. The molecule has 0 atom stereocenters. The predicted molar refractivity (Wildman–Crippen MR) is 145 cm³/mol. The Bertz CT molecular complexity index is 1340. The lowest BCUT2D eigenvalue weighted by molar-refractivity contribution is 0.204. The van der Waals surface area contributed by atoms with Crippen molar-refractivity contribution in [3.05, 3.63) is 106 Å². The molecule has 0 amide bonds. The molecular weight excluding hydrogens is 529 g/mol. The minimum atomic E-state index is -2.74. The van der Waals surface area contributed by atoms with E-state index in [0.717, 1.165) is 86.1 Å². The molecule has 0 N–H and O–H groups in total. The third-order valence-electron chi connectivity index (χ3n) is 7.61. The van der Waals surface area contributed by atoms with Gasteiger partial charge in [0.25, 0.3) is 6.43 Å². The average molecular weight is 561 g/mol. The first-order chi connectivity index (χ1) is 19.2. The quantitative estimate of drug-likeness (QED) is 0.139. The van der Waals surface area contributed by atoms with Crippen LogP contribution in [0.25, 0.3) is 23.3 Å². The minimum Gasteiger partial charge on any atom is -0.207 e. The van der Waals surface area contributed by atoms with Gasteiger partial charge in [0.05, 0.1) is 0 Å². The largest absolute Gasteiger partial charge is 0.257 e. The van der Waals surface area contributed by atoms with E-state index in [9.17, 15) is 26.3 Å². The zero-order chi connectivity index (χ0) is 28.8. The van der Waals surface area contributed by atoms with E-state index in [4.69, 9.17) is 0 Å². The third-order valence-corrected chi connectivity index (χ3v) is 7.61. The highest BCUT2D eigenvalue weighted by Crippen LogP contribution is 2.39. The summed E-state index contributed by atoms with van der Waals surface area (Å²) < 4.78 is 97.9. The SMILES string of the molecule is CCCC1CCC(c2ccc(-c3cc(F)c(C=Cc4cc(F)c(CC=CC(F)F)c(F)c4)c(F)c3)c(F)c2)CC1. The van der Waals surface area contributed by atoms with E-state index < -0.39 is 46.6 Å². The van der Waals surface area contributed by atoms with Gasteiger partial charge in [-0.3, -0.25) is 0 Å². The average Bonchev–Trinajstić information content (AvgIpc) is 2.90. The van der Waals surface area contributed by atoms with Gasteiger partial charge in [0.2, 0.25) is 0 Å². The highest BCUT2D eigenvalue weighted by Gasteiger charge is 2.23. The van der Waals surface area contributed by atoms with Gasteiger partial charge in [-0.25, -0.2) is 30.7 Å². The van der Waals surface area contributed by atoms with Crippen molar-refractivity contribution in [1.82, 2.24) is 0 Å². The Hall–Kier alpha value is -3.35. The van der Waals surface area contributed by atoms with Crippen molar-refractivity contribution in [2.75, 3.05) is 0 Å². The maximum absolute atomic E-state index is 15.1. The van der Waals surface area contributed by atoms with E-state index in [1.54, 1.807) is 6.07 Å². The van der Waals surface area contributed by atoms with Crippen LogP contribution in [0.15, 0.2) is 54.6 Å². The highest BCUT2D eigenvalue weighted by atomic mass is 19.3. The maximum atomic E-state index is 15.1. The number of rotatable bonds is 9. The first-order valence-corrected chi connectivity index (χ1v) is 13.6. The van der Waals surface area contributed by atoms with Crippen molar-refractivity contribution in [2.45, 2.75) is 64.2 Å². The van der Waals surface area contributed by atoms with Crippen LogP contribution in [0.4, 0.5) is 30.7 Å². The summed E-state index contributed by atoms with van der Waals surface area (Å²) in [6.45, 7) is 2.18. The molecule has 7 heteroatoms. The molecule has 0 unspecified atom stereocenters. The topological polar surface area (TPSA) is 0 Å². The summed E-state index contributed by atoms with van der Waals surface area (Å²) in [6.07, 6.45) is 7.18. The zero-order valence-electron chi connectivity index (χ0n) is 22.2. The van der Waals surface area contributed by atoms with Crippen LogP contribution in [0.3, 0.4) is 0 Å². The van der Waals surface area contributed by atoms with Crippen LogP contribution >= 0.6 is 0 Å². The molecule has 0 radical (unpaired) electrons. The van der Waals surface area contributed by atoms with E-state index >= 15 is 4.39 Å². The van der Waals surface area contributed by atoms with Crippen molar-refractivity contribution >= 4 is 12.2 Å². The van der Waals surface area contributed by atoms with Crippen LogP contribution in [-0.2, 0) is 6.42 Å². The standard InChI is InChI=1S/C33H31F7/c1-2-4-20-7-10-22(11-8-20)23-12-14-25(30(36)17-23)24-18-31(37)27(32(38)19-24)13-9-21-15-28(34)26(29(35)16-21)5-3-6-33(39)40/h3,6,9,12-20,22,33H,2,4-5,7-8,10-11H2,1H3. The lowest BCUT2D eigenvalue weighted by Gasteiger charge is -2.28. The molecule has 0 aromatic heterocycles. The molecule has 3 aromatic carbocycles. The van der Waals surface area contributed by atoms with Gasteiger partial charge in [-0.2, -0.15) is 0 Å². The van der Waals surface area contributed by atoms with E-state index in [1.165, 1.54) is 12.5 Å². The molecule has 0 nitrogen and oxygen atoms in total. The summed E-state index contributed by atoms with van der Waals surface area (Å²) in [6, 6.07) is 8.77. The van der Waals surface area contributed by atoms with Gasteiger partial charge in [-0.15, -0.1) is 0 Å². The van der Waals surface area contributed by atoms with E-state index in [0.29, 0.717) is 6.08 Å². The minimum absolute atomic E-state index is 0.00942. The summed E-state index contributed by atoms with van der Waals surface area (Å²) >= 11 is 0. The first kappa shape index (κ1) is 29.6. The van der Waals surface area contributed by atoms with Crippen molar-refractivity contribution in [1.29, 1.82) is 0 Å². The molecular formula is C33H31F7. The van der Waals surface area contributed by atoms with Crippen LogP contribution < -0.4 is 0 Å². The molecule has 0 spiro atoms. The molecule has 212 valence electrons. The monoisotopic (exact) mass is 560 g/mol. The molecule has 1 aliphatic carbocycles. The van der Waals surface area contributed by atoms with Crippen molar-refractivity contribution < 1.29 is 30.7 Å². The van der Waals surface area contributed by atoms with Crippen LogP contribution in [0.2, 0.25) is 0 Å². The van der Waals surface area contributed by atoms with Gasteiger partial charge < -0.3 is 0 Å². The lowest BCUT2D eigenvalue weighted by atomic mass is 9.77. The number of hydrogen-bond donors (Lipinski definition) is 0. The fraction of sp³-hybridized carbons (Fsp3) is 0.333. The molecule has 0 bridgehead atoms. The highest BCUT2D eigenvalue weighted by molar-refractivity contribution is 5.73. The molecule has 1 fully saturated rings. The van der Waals surface area contributed by atoms with Crippen molar-refractivity contribution in [3.8, 4) is 11.1 Å². The van der Waals surface area contributed by atoms with Crippen LogP contribution in [-0.4, -0.2) is 6.43 Å². The Labute approximate surface area is 230 Å². The van der Waals surface area contributed by atoms with Gasteiger partial charge in [-0.1, -0.05) is 44.1 Å². The Kier molecular flexibility index (Phi) is 9.88. The molecule has 3 aromatic rings. The summed E-state index contributed by atoms with van der Waals surface area (Å²) in [5.74, 6) is -3.41. The van der Waals surface area contributed by atoms with Gasteiger partial charge >= 0.3 is 0 Å². The maximum Gasteiger partial charge on any atom is 0.257 e. The van der Waals surface area contributed by atoms with Gasteiger partial charge in [0.15, 0.2) is 0 Å². The Morgan fingerprint density at radius 3 is 2.00 bits per heavy atom. The summed E-state index contributed by atoms with van der Waals surface area (Å²) in [4.78, 5) is 0. The predicted octanol–water partition coefficient (Wildman–Crippen LogP) is 10.7. The molecule has 0 aliphatic heterocycles. The second-order valence-corrected chi connectivity index (χ2v) is 10.4. The summed E-state index contributed by atoms with van der Waals surface area (Å²) in [7, 11) is 0. The number of hydrogen-bond acceptors (Lipinski definition) is 0. The third kappa shape index (κ3) is 7.23. The van der Waals surface area contributed by atoms with Gasteiger partial charge in [-0.05, 0) is 103 Å². The van der Waals surface area contributed by atoms with E-state index in [2.05, 4.69) is 6.92 Å². The van der Waals surface area contributed by atoms with Crippen LogP contribution in [0.5, 0.6) is 0 Å². The van der Waals surface area contributed by atoms with Gasteiger partial charge in [0.1, 0.15) is 29.1 Å². The lowest BCUT2D eigenvalue weighted by Crippen LogP contribution is -2.13. The molecule has 0 heterocycles. The van der Waals surface area contributed by atoms with Crippen molar-refractivity contribution in [2.24, 2.45) is 5.92 Å². The Morgan fingerprint density at radius 2 is 1.43 bits per heavy atom. The summed E-state index contributed by atoms with van der Waals surface area (Å²) in [5, 5.41) is 0. The second-order valence-electron chi connectivity index (χ2n) is 10.4. The van der Waals surface area contributed by atoms with E-state index in [-0.39, 0.29) is 29.0 Å². The molecule has 40 heavy (non-hydrogen) atoms. The normalized spacial score (nSPS) is 17.9. The number of benzene rings is 3. The van der Waals surface area contributed by atoms with Crippen LogP contribution in [0.1, 0.15) is 73.6 Å². The Balaban J connectivity index is 1.50. The fourth-order valence-corrected chi connectivity index (χ4v) is 5.49. The Morgan fingerprint density at radius 1 is 0.775 bits per heavy atom.